The van der Waals surface area contributed by atoms with Gasteiger partial charge in [0.05, 0.1) is 0 Å². The molecule has 80 valence electrons. The maximum Gasteiger partial charge on any atom is 0.135 e. The van der Waals surface area contributed by atoms with E-state index in [-0.39, 0.29) is 5.69 Å². The first-order valence-corrected chi connectivity index (χ1v) is 5.07. The highest BCUT2D eigenvalue weighted by Gasteiger charge is 2.07. The fourth-order valence-corrected chi connectivity index (χ4v) is 1.52. The third kappa shape index (κ3) is 2.68. The number of hydrogen-bond donors (Lipinski definition) is 1. The first-order valence-electron chi connectivity index (χ1n) is 5.07. The molecule has 0 saturated carbocycles. The van der Waals surface area contributed by atoms with E-state index in [2.05, 4.69) is 17.2 Å². The van der Waals surface area contributed by atoms with Gasteiger partial charge in [0.1, 0.15) is 11.4 Å². The summed E-state index contributed by atoms with van der Waals surface area (Å²) in [7, 11) is 0. The Kier molecular flexibility index (Phi) is 4.09. The Balaban J connectivity index is 3.07. The highest BCUT2D eigenvalue weighted by atomic mass is 16.3. The van der Waals surface area contributed by atoms with Crippen molar-refractivity contribution in [1.29, 1.82) is 5.53 Å². The van der Waals surface area contributed by atoms with Crippen LogP contribution in [0.4, 0.5) is 11.4 Å². The summed E-state index contributed by atoms with van der Waals surface area (Å²) in [5, 5.41) is 6.17. The van der Waals surface area contributed by atoms with Crippen molar-refractivity contribution in [2.75, 3.05) is 0 Å². The van der Waals surface area contributed by atoms with Crippen LogP contribution >= 0.6 is 0 Å². The standard InChI is InChI=1S/C11H15N3O/c1-3-4-5-9-7-11(14-15)10(13-12)6-8(9)2/h6-7,12H,3-5H2,1-2H3. The van der Waals surface area contributed by atoms with Crippen molar-refractivity contribution in [2.45, 2.75) is 33.1 Å². The average molecular weight is 205 g/mol. The second-order valence-electron chi connectivity index (χ2n) is 3.57. The largest absolute Gasteiger partial charge is 0.204 e. The summed E-state index contributed by atoms with van der Waals surface area (Å²) in [4.78, 5) is 10.5. The lowest BCUT2D eigenvalue weighted by Gasteiger charge is -2.06. The number of aryl methyl sites for hydroxylation is 2. The minimum atomic E-state index is 0.265. The van der Waals surface area contributed by atoms with Crippen molar-refractivity contribution in [1.82, 2.24) is 0 Å². The van der Waals surface area contributed by atoms with E-state index in [9.17, 15) is 4.91 Å². The van der Waals surface area contributed by atoms with Gasteiger partial charge in [0, 0.05) is 0 Å². The van der Waals surface area contributed by atoms with Crippen molar-refractivity contribution < 1.29 is 0 Å². The second-order valence-corrected chi connectivity index (χ2v) is 3.57. The number of nitrogens with zero attached hydrogens (tertiary/aromatic N) is 2. The molecule has 1 aromatic carbocycles. The Morgan fingerprint density at radius 2 is 2.07 bits per heavy atom. The topological polar surface area (TPSA) is 65.6 Å². The molecule has 0 unspecified atom stereocenters. The van der Waals surface area contributed by atoms with Gasteiger partial charge < -0.3 is 0 Å². The van der Waals surface area contributed by atoms with E-state index in [1.54, 1.807) is 12.1 Å². The summed E-state index contributed by atoms with van der Waals surface area (Å²) in [6.07, 6.45) is 3.16. The highest BCUT2D eigenvalue weighted by Crippen LogP contribution is 2.31. The van der Waals surface area contributed by atoms with Crippen LogP contribution in [0.1, 0.15) is 30.9 Å². The van der Waals surface area contributed by atoms with Gasteiger partial charge in [-0.05, 0) is 48.2 Å². The number of nitroso groups, excluding NO2 is 1. The van der Waals surface area contributed by atoms with Gasteiger partial charge in [-0.2, -0.15) is 5.11 Å². The molecule has 0 aromatic heterocycles. The van der Waals surface area contributed by atoms with E-state index in [0.29, 0.717) is 5.69 Å². The van der Waals surface area contributed by atoms with Gasteiger partial charge in [0.25, 0.3) is 0 Å². The molecule has 4 heteroatoms. The third-order valence-corrected chi connectivity index (χ3v) is 2.45. The molecule has 0 heterocycles. The van der Waals surface area contributed by atoms with Crippen LogP contribution in [0.2, 0.25) is 0 Å². The summed E-state index contributed by atoms with van der Waals surface area (Å²) >= 11 is 0. The van der Waals surface area contributed by atoms with E-state index in [4.69, 9.17) is 5.53 Å². The van der Waals surface area contributed by atoms with Gasteiger partial charge in [-0.1, -0.05) is 13.3 Å². The van der Waals surface area contributed by atoms with Crippen LogP contribution in [0, 0.1) is 17.4 Å². The van der Waals surface area contributed by atoms with Crippen LogP contribution in [-0.4, -0.2) is 0 Å². The average Bonchev–Trinajstić information content (AvgIpc) is 2.27. The van der Waals surface area contributed by atoms with E-state index in [0.717, 1.165) is 30.4 Å². The monoisotopic (exact) mass is 205 g/mol. The lowest BCUT2D eigenvalue weighted by Crippen LogP contribution is -1.89. The molecule has 0 amide bonds. The van der Waals surface area contributed by atoms with Crippen LogP contribution in [-0.2, 0) is 6.42 Å². The summed E-state index contributed by atoms with van der Waals surface area (Å²) in [5.74, 6) is 0. The number of hydrogen-bond acceptors (Lipinski definition) is 4. The smallest absolute Gasteiger partial charge is 0.135 e. The minimum absolute atomic E-state index is 0.265. The maximum atomic E-state index is 10.5. The van der Waals surface area contributed by atoms with Gasteiger partial charge in [0.15, 0.2) is 0 Å². The predicted octanol–water partition coefficient (Wildman–Crippen LogP) is 4.40. The quantitative estimate of drug-likeness (QED) is 0.562. The predicted molar refractivity (Wildman–Crippen MR) is 60.1 cm³/mol. The van der Waals surface area contributed by atoms with Crippen molar-refractivity contribution >= 4 is 11.4 Å². The first-order chi connectivity index (χ1) is 7.22. The normalized spacial score (nSPS) is 10.0. The minimum Gasteiger partial charge on any atom is -0.204 e. The maximum absolute atomic E-state index is 10.5. The molecule has 0 fully saturated rings. The molecular formula is C11H15N3O. The molecule has 4 nitrogen and oxygen atoms in total. The van der Waals surface area contributed by atoms with Crippen LogP contribution < -0.4 is 0 Å². The van der Waals surface area contributed by atoms with Crippen LogP contribution in [0.15, 0.2) is 22.4 Å². The van der Waals surface area contributed by atoms with Crippen molar-refractivity contribution in [3.8, 4) is 0 Å². The zero-order chi connectivity index (χ0) is 11.3. The van der Waals surface area contributed by atoms with Crippen LogP contribution in [0.3, 0.4) is 0 Å². The molecule has 0 bridgehead atoms. The van der Waals surface area contributed by atoms with E-state index in [1.807, 2.05) is 6.92 Å². The molecule has 0 aliphatic carbocycles. The van der Waals surface area contributed by atoms with Crippen LogP contribution in [0.5, 0.6) is 0 Å². The van der Waals surface area contributed by atoms with Gasteiger partial charge in [-0.25, -0.2) is 5.53 Å². The fraction of sp³-hybridized carbons (Fsp3) is 0.455. The third-order valence-electron chi connectivity index (χ3n) is 2.45. The molecular weight excluding hydrogens is 190 g/mol. The van der Waals surface area contributed by atoms with E-state index >= 15 is 0 Å². The summed E-state index contributed by atoms with van der Waals surface area (Å²) in [6.45, 7) is 4.09. The summed E-state index contributed by atoms with van der Waals surface area (Å²) < 4.78 is 0. The SMILES string of the molecule is CCCCc1cc(N=O)c(N=N)cc1C. The fourth-order valence-electron chi connectivity index (χ4n) is 1.52. The lowest BCUT2D eigenvalue weighted by molar-refractivity contribution is 0.791. The zero-order valence-electron chi connectivity index (χ0n) is 9.08. The Bertz CT molecular complexity index is 374. The van der Waals surface area contributed by atoms with E-state index in [1.165, 1.54) is 0 Å². The molecule has 1 aromatic rings. The number of benzene rings is 1. The lowest BCUT2D eigenvalue weighted by atomic mass is 10.0. The molecule has 0 saturated heterocycles. The molecule has 0 spiro atoms. The molecule has 0 radical (unpaired) electrons. The van der Waals surface area contributed by atoms with Crippen molar-refractivity contribution in [3.05, 3.63) is 28.2 Å². The zero-order valence-corrected chi connectivity index (χ0v) is 9.08. The Morgan fingerprint density at radius 3 is 2.60 bits per heavy atom. The second kappa shape index (κ2) is 5.34. The molecule has 0 atom stereocenters. The molecule has 15 heavy (non-hydrogen) atoms. The molecule has 1 rings (SSSR count). The van der Waals surface area contributed by atoms with Crippen molar-refractivity contribution in [3.63, 3.8) is 0 Å². The molecule has 0 aliphatic rings. The number of rotatable bonds is 5. The Labute approximate surface area is 89.2 Å². The summed E-state index contributed by atoms with van der Waals surface area (Å²) in [5.41, 5.74) is 9.73. The summed E-state index contributed by atoms with van der Waals surface area (Å²) in [6, 6.07) is 3.49. The Hall–Kier alpha value is -1.58. The van der Waals surface area contributed by atoms with E-state index < -0.39 is 0 Å². The van der Waals surface area contributed by atoms with Gasteiger partial charge in [0.2, 0.25) is 0 Å². The molecule has 0 aliphatic heterocycles. The van der Waals surface area contributed by atoms with Crippen LogP contribution in [0.25, 0.3) is 0 Å². The number of unbranched alkanes of at least 4 members (excludes halogenated alkanes) is 1. The van der Waals surface area contributed by atoms with Gasteiger partial charge >= 0.3 is 0 Å². The molecule has 1 N–H and O–H groups in total. The van der Waals surface area contributed by atoms with Gasteiger partial charge in [-0.15, -0.1) is 4.91 Å². The number of nitrogens with one attached hydrogen (secondary N) is 1. The van der Waals surface area contributed by atoms with Gasteiger partial charge in [-0.3, -0.25) is 0 Å². The highest BCUT2D eigenvalue weighted by molar-refractivity contribution is 5.64. The van der Waals surface area contributed by atoms with Crippen molar-refractivity contribution in [2.24, 2.45) is 10.3 Å². The first kappa shape index (κ1) is 11.5. The Morgan fingerprint density at radius 1 is 1.33 bits per heavy atom.